The van der Waals surface area contributed by atoms with Crippen LogP contribution in [0.3, 0.4) is 0 Å². The number of amides is 1. The number of piperidine rings is 1. The second kappa shape index (κ2) is 8.16. The standard InChI is InChI=1S/C17H28N2O4S/c1-4-5-12-24(21,22)19-10-8-15(9-11-19)17(20)18-14(3)16-7-6-13(2)23-16/h6-7,14-15H,4-5,8-12H2,1-3H3,(H,18,20)/t14-/m1/s1. The molecular formula is C17H28N2O4S. The Morgan fingerprint density at radius 3 is 2.58 bits per heavy atom. The molecule has 24 heavy (non-hydrogen) atoms. The number of hydrogen-bond donors (Lipinski definition) is 1. The van der Waals surface area contributed by atoms with Gasteiger partial charge in [-0.3, -0.25) is 4.79 Å². The number of rotatable bonds is 7. The molecule has 0 bridgehead atoms. The summed E-state index contributed by atoms with van der Waals surface area (Å²) >= 11 is 0. The minimum Gasteiger partial charge on any atom is -0.464 e. The molecule has 1 amide bonds. The van der Waals surface area contributed by atoms with Crippen molar-refractivity contribution in [1.29, 1.82) is 0 Å². The van der Waals surface area contributed by atoms with E-state index in [1.54, 1.807) is 0 Å². The van der Waals surface area contributed by atoms with Gasteiger partial charge in [0.2, 0.25) is 15.9 Å². The Labute approximate surface area is 144 Å². The van der Waals surface area contributed by atoms with Crippen LogP contribution in [0.2, 0.25) is 0 Å². The molecule has 0 aromatic carbocycles. The van der Waals surface area contributed by atoms with Crippen molar-refractivity contribution in [3.8, 4) is 0 Å². The van der Waals surface area contributed by atoms with Crippen LogP contribution in [0.4, 0.5) is 0 Å². The molecule has 136 valence electrons. The highest BCUT2D eigenvalue weighted by molar-refractivity contribution is 7.89. The Bertz CT molecular complexity index is 645. The van der Waals surface area contributed by atoms with Crippen molar-refractivity contribution in [1.82, 2.24) is 9.62 Å². The van der Waals surface area contributed by atoms with E-state index in [0.29, 0.717) is 32.4 Å². The van der Waals surface area contributed by atoms with Gasteiger partial charge in [0.15, 0.2) is 0 Å². The first kappa shape index (κ1) is 19.0. The Balaban J connectivity index is 1.84. The van der Waals surface area contributed by atoms with Crippen molar-refractivity contribution in [2.75, 3.05) is 18.8 Å². The molecule has 1 fully saturated rings. The number of nitrogens with zero attached hydrogens (tertiary/aromatic N) is 1. The first-order chi connectivity index (χ1) is 11.3. The molecule has 7 heteroatoms. The van der Waals surface area contributed by atoms with E-state index in [9.17, 15) is 13.2 Å². The molecule has 1 atom stereocenters. The van der Waals surface area contributed by atoms with Crippen molar-refractivity contribution >= 4 is 15.9 Å². The van der Waals surface area contributed by atoms with E-state index in [1.165, 1.54) is 4.31 Å². The Kier molecular flexibility index (Phi) is 6.46. The normalized spacial score (nSPS) is 18.5. The third-order valence-electron chi connectivity index (χ3n) is 4.52. The summed E-state index contributed by atoms with van der Waals surface area (Å²) in [6.07, 6.45) is 2.69. The van der Waals surface area contributed by atoms with Crippen molar-refractivity contribution in [2.45, 2.75) is 52.5 Å². The molecule has 6 nitrogen and oxygen atoms in total. The topological polar surface area (TPSA) is 79.6 Å². The fourth-order valence-corrected chi connectivity index (χ4v) is 4.62. The summed E-state index contributed by atoms with van der Waals surface area (Å²) in [5.41, 5.74) is 0. The van der Waals surface area contributed by atoms with Crippen molar-refractivity contribution in [3.63, 3.8) is 0 Å². The second-order valence-corrected chi connectivity index (χ2v) is 8.61. The molecule has 1 aromatic heterocycles. The maximum Gasteiger partial charge on any atom is 0.223 e. The number of sulfonamides is 1. The highest BCUT2D eigenvalue weighted by Gasteiger charge is 2.31. The minimum atomic E-state index is -3.17. The van der Waals surface area contributed by atoms with E-state index in [-0.39, 0.29) is 23.6 Å². The third kappa shape index (κ3) is 4.83. The van der Waals surface area contributed by atoms with E-state index in [1.807, 2.05) is 32.9 Å². The molecule has 2 heterocycles. The molecule has 0 aliphatic carbocycles. The lowest BCUT2D eigenvalue weighted by Crippen LogP contribution is -2.44. The van der Waals surface area contributed by atoms with Gasteiger partial charge in [-0.05, 0) is 45.2 Å². The Morgan fingerprint density at radius 2 is 2.04 bits per heavy atom. The van der Waals surface area contributed by atoms with E-state index in [2.05, 4.69) is 5.32 Å². The number of furan rings is 1. The van der Waals surface area contributed by atoms with Crippen LogP contribution in [0.5, 0.6) is 0 Å². The molecule has 1 aliphatic heterocycles. The lowest BCUT2D eigenvalue weighted by molar-refractivity contribution is -0.126. The summed E-state index contributed by atoms with van der Waals surface area (Å²) in [6.45, 7) is 6.60. The molecule has 0 saturated carbocycles. The van der Waals surface area contributed by atoms with Gasteiger partial charge in [-0.2, -0.15) is 0 Å². The monoisotopic (exact) mass is 356 g/mol. The average molecular weight is 356 g/mol. The lowest BCUT2D eigenvalue weighted by atomic mass is 9.97. The molecule has 0 unspecified atom stereocenters. The van der Waals surface area contributed by atoms with Crippen LogP contribution in [0.1, 0.15) is 57.1 Å². The zero-order valence-corrected chi connectivity index (χ0v) is 15.6. The SMILES string of the molecule is CCCCS(=O)(=O)N1CCC(C(=O)N[C@H](C)c2ccc(C)o2)CC1. The fourth-order valence-electron chi connectivity index (χ4n) is 2.94. The van der Waals surface area contributed by atoms with Gasteiger partial charge < -0.3 is 9.73 Å². The number of carbonyl (C=O) groups excluding carboxylic acids is 1. The van der Waals surface area contributed by atoms with Gasteiger partial charge >= 0.3 is 0 Å². The highest BCUT2D eigenvalue weighted by atomic mass is 32.2. The van der Waals surface area contributed by atoms with Crippen molar-refractivity contribution in [3.05, 3.63) is 23.7 Å². The number of carbonyl (C=O) groups is 1. The van der Waals surface area contributed by atoms with Gasteiger partial charge in [0.05, 0.1) is 11.8 Å². The van der Waals surface area contributed by atoms with Crippen LogP contribution < -0.4 is 5.32 Å². The van der Waals surface area contributed by atoms with Crippen LogP contribution >= 0.6 is 0 Å². The minimum absolute atomic E-state index is 0.0258. The predicted molar refractivity (Wildman–Crippen MR) is 93.0 cm³/mol. The Morgan fingerprint density at radius 1 is 1.38 bits per heavy atom. The molecule has 1 saturated heterocycles. The summed E-state index contributed by atoms with van der Waals surface area (Å²) in [7, 11) is -3.17. The van der Waals surface area contributed by atoms with E-state index in [0.717, 1.165) is 17.9 Å². The predicted octanol–water partition coefficient (Wildman–Crippen LogP) is 2.61. The molecular weight excluding hydrogens is 328 g/mol. The molecule has 1 aliphatic rings. The van der Waals surface area contributed by atoms with Gasteiger partial charge in [-0.15, -0.1) is 0 Å². The molecule has 1 N–H and O–H groups in total. The number of nitrogens with one attached hydrogen (secondary N) is 1. The molecule has 2 rings (SSSR count). The largest absolute Gasteiger partial charge is 0.464 e. The Hall–Kier alpha value is -1.34. The van der Waals surface area contributed by atoms with Gasteiger partial charge in [-0.1, -0.05) is 13.3 Å². The van der Waals surface area contributed by atoms with Crippen LogP contribution in [0.15, 0.2) is 16.5 Å². The van der Waals surface area contributed by atoms with Crippen LogP contribution in [-0.4, -0.2) is 37.5 Å². The number of hydrogen-bond acceptors (Lipinski definition) is 4. The zero-order chi connectivity index (χ0) is 17.7. The third-order valence-corrected chi connectivity index (χ3v) is 6.48. The van der Waals surface area contributed by atoms with Gasteiger partial charge in [0.1, 0.15) is 11.5 Å². The van der Waals surface area contributed by atoms with Gasteiger partial charge in [-0.25, -0.2) is 12.7 Å². The average Bonchev–Trinajstić information content (AvgIpc) is 2.99. The maximum atomic E-state index is 12.4. The quantitative estimate of drug-likeness (QED) is 0.814. The fraction of sp³-hybridized carbons (Fsp3) is 0.706. The van der Waals surface area contributed by atoms with E-state index < -0.39 is 10.0 Å². The maximum absolute atomic E-state index is 12.4. The molecule has 0 radical (unpaired) electrons. The highest BCUT2D eigenvalue weighted by Crippen LogP contribution is 2.22. The first-order valence-electron chi connectivity index (χ1n) is 8.68. The smallest absolute Gasteiger partial charge is 0.223 e. The molecule has 1 aromatic rings. The van der Waals surface area contributed by atoms with Gasteiger partial charge in [0, 0.05) is 19.0 Å². The number of unbranched alkanes of at least 4 members (excludes halogenated alkanes) is 1. The molecule has 0 spiro atoms. The van der Waals surface area contributed by atoms with Crippen LogP contribution in [0.25, 0.3) is 0 Å². The van der Waals surface area contributed by atoms with E-state index in [4.69, 9.17) is 4.42 Å². The van der Waals surface area contributed by atoms with Crippen molar-refractivity contribution < 1.29 is 17.6 Å². The van der Waals surface area contributed by atoms with Crippen LogP contribution in [0, 0.1) is 12.8 Å². The summed E-state index contributed by atoms with van der Waals surface area (Å²) in [5, 5.41) is 2.97. The summed E-state index contributed by atoms with van der Waals surface area (Å²) in [5.74, 6) is 1.59. The second-order valence-electron chi connectivity index (χ2n) is 6.52. The number of aryl methyl sites for hydroxylation is 1. The van der Waals surface area contributed by atoms with Gasteiger partial charge in [0.25, 0.3) is 0 Å². The van der Waals surface area contributed by atoms with Crippen LogP contribution in [-0.2, 0) is 14.8 Å². The first-order valence-corrected chi connectivity index (χ1v) is 10.3. The summed E-state index contributed by atoms with van der Waals surface area (Å²) in [4.78, 5) is 12.4. The summed E-state index contributed by atoms with van der Waals surface area (Å²) in [6, 6.07) is 3.55. The summed E-state index contributed by atoms with van der Waals surface area (Å²) < 4.78 is 31.5. The zero-order valence-electron chi connectivity index (χ0n) is 14.7. The lowest BCUT2D eigenvalue weighted by Gasteiger charge is -2.31. The van der Waals surface area contributed by atoms with E-state index >= 15 is 0 Å². The van der Waals surface area contributed by atoms with Crippen molar-refractivity contribution in [2.24, 2.45) is 5.92 Å².